The summed E-state index contributed by atoms with van der Waals surface area (Å²) < 4.78 is 5.92. The number of nitrogens with zero attached hydrogens (tertiary/aromatic N) is 1. The third kappa shape index (κ3) is 3.07. The van der Waals surface area contributed by atoms with E-state index in [2.05, 4.69) is 23.1 Å². The molecule has 0 spiro atoms. The standard InChI is InChI=1S/C16H20N2O.2ClH/c17-16-12-5-6-13(16)9-18(8-12)10-14-7-11-3-1-2-4-15(11)19-14;;/h1-4,7,12-13,16H,5-6,8-10,17H2;2*1H/t12-,13+,16?;;. The number of piperidine rings is 1. The molecule has 1 unspecified atom stereocenters. The molecule has 2 heterocycles. The Morgan fingerprint density at radius 3 is 2.43 bits per heavy atom. The van der Waals surface area contributed by atoms with Crippen molar-refractivity contribution in [3.05, 3.63) is 36.1 Å². The van der Waals surface area contributed by atoms with Crippen LogP contribution in [0.15, 0.2) is 34.7 Å². The molecule has 3 atom stereocenters. The van der Waals surface area contributed by atoms with Crippen molar-refractivity contribution >= 4 is 35.8 Å². The predicted molar refractivity (Wildman–Crippen MR) is 90.2 cm³/mol. The number of rotatable bonds is 2. The first-order valence-corrected chi connectivity index (χ1v) is 7.25. The Balaban J connectivity index is 0.000000807. The van der Waals surface area contributed by atoms with Crippen LogP contribution >= 0.6 is 24.8 Å². The summed E-state index contributed by atoms with van der Waals surface area (Å²) in [4.78, 5) is 2.52. The van der Waals surface area contributed by atoms with Crippen molar-refractivity contribution in [2.45, 2.75) is 25.4 Å². The Labute approximate surface area is 137 Å². The molecule has 2 bridgehead atoms. The van der Waals surface area contributed by atoms with Crippen LogP contribution in [0.3, 0.4) is 0 Å². The van der Waals surface area contributed by atoms with Gasteiger partial charge in [0.25, 0.3) is 0 Å². The summed E-state index contributed by atoms with van der Waals surface area (Å²) >= 11 is 0. The second-order valence-electron chi connectivity index (χ2n) is 6.12. The van der Waals surface area contributed by atoms with Crippen LogP contribution in [0.5, 0.6) is 0 Å². The fraction of sp³-hybridized carbons (Fsp3) is 0.500. The number of fused-ring (bicyclic) bond motifs is 3. The van der Waals surface area contributed by atoms with Crippen molar-refractivity contribution < 1.29 is 4.42 Å². The van der Waals surface area contributed by atoms with Gasteiger partial charge in [0.1, 0.15) is 11.3 Å². The minimum atomic E-state index is 0. The maximum absolute atomic E-state index is 6.25. The van der Waals surface area contributed by atoms with Crippen LogP contribution in [0.25, 0.3) is 11.0 Å². The third-order valence-electron chi connectivity index (χ3n) is 4.84. The van der Waals surface area contributed by atoms with Gasteiger partial charge in [-0.1, -0.05) is 18.2 Å². The molecule has 1 aliphatic heterocycles. The van der Waals surface area contributed by atoms with Gasteiger partial charge in [-0.25, -0.2) is 0 Å². The first-order chi connectivity index (χ1) is 9.29. The predicted octanol–water partition coefficient (Wildman–Crippen LogP) is 3.45. The summed E-state index contributed by atoms with van der Waals surface area (Å²) in [6.07, 6.45) is 2.62. The van der Waals surface area contributed by atoms with Crippen LogP contribution in [0.2, 0.25) is 0 Å². The third-order valence-corrected chi connectivity index (χ3v) is 4.84. The maximum atomic E-state index is 6.25. The van der Waals surface area contributed by atoms with Gasteiger partial charge in [-0.2, -0.15) is 0 Å². The highest BCUT2D eigenvalue weighted by molar-refractivity contribution is 5.85. The second-order valence-corrected chi connectivity index (χ2v) is 6.12. The Hall–Kier alpha value is -0.740. The van der Waals surface area contributed by atoms with Crippen LogP contribution in [0.4, 0.5) is 0 Å². The highest BCUT2D eigenvalue weighted by Gasteiger charge is 2.39. The number of nitrogens with two attached hydrogens (primary N) is 1. The lowest BCUT2D eigenvalue weighted by Gasteiger charge is -2.35. The van der Waals surface area contributed by atoms with Gasteiger partial charge in [0, 0.05) is 24.5 Å². The molecule has 5 heteroatoms. The zero-order valence-corrected chi connectivity index (χ0v) is 13.5. The van der Waals surface area contributed by atoms with Crippen LogP contribution in [-0.4, -0.2) is 24.0 Å². The maximum Gasteiger partial charge on any atom is 0.134 e. The van der Waals surface area contributed by atoms with Gasteiger partial charge in [0.2, 0.25) is 0 Å². The molecule has 0 amide bonds. The van der Waals surface area contributed by atoms with Gasteiger partial charge < -0.3 is 10.2 Å². The molecule has 1 saturated carbocycles. The van der Waals surface area contributed by atoms with E-state index in [-0.39, 0.29) is 24.8 Å². The van der Waals surface area contributed by atoms with Gasteiger partial charge in [-0.15, -0.1) is 24.8 Å². The fourth-order valence-corrected chi connectivity index (χ4v) is 3.83. The molecular weight excluding hydrogens is 307 g/mol. The number of benzene rings is 1. The Kier molecular flexibility index (Phi) is 5.20. The molecule has 2 aromatic rings. The van der Waals surface area contributed by atoms with Gasteiger partial charge in [-0.3, -0.25) is 4.90 Å². The van der Waals surface area contributed by atoms with E-state index >= 15 is 0 Å². The summed E-state index contributed by atoms with van der Waals surface area (Å²) in [5, 5.41) is 1.20. The molecule has 0 radical (unpaired) electrons. The minimum Gasteiger partial charge on any atom is -0.460 e. The molecular formula is C16H22Cl2N2O. The van der Waals surface area contributed by atoms with E-state index in [1.807, 2.05) is 12.1 Å². The summed E-state index contributed by atoms with van der Waals surface area (Å²) in [5.41, 5.74) is 7.25. The molecule has 2 N–H and O–H groups in total. The average Bonchev–Trinajstić information content (AvgIpc) is 2.87. The second kappa shape index (κ2) is 6.57. The van der Waals surface area contributed by atoms with Crippen molar-refractivity contribution in [1.82, 2.24) is 4.90 Å². The van der Waals surface area contributed by atoms with E-state index in [0.717, 1.165) is 31.0 Å². The molecule has 4 rings (SSSR count). The normalized spacial score (nSPS) is 28.1. The van der Waals surface area contributed by atoms with Crippen LogP contribution < -0.4 is 5.73 Å². The van der Waals surface area contributed by atoms with Crippen LogP contribution in [0.1, 0.15) is 18.6 Å². The van der Waals surface area contributed by atoms with Gasteiger partial charge in [-0.05, 0) is 36.8 Å². The Morgan fingerprint density at radius 2 is 1.76 bits per heavy atom. The van der Waals surface area contributed by atoms with Crippen molar-refractivity contribution in [1.29, 1.82) is 0 Å². The molecule has 116 valence electrons. The zero-order valence-electron chi connectivity index (χ0n) is 11.9. The molecule has 1 aromatic carbocycles. The first kappa shape index (κ1) is 16.6. The molecule has 2 fully saturated rings. The number of hydrogen-bond acceptors (Lipinski definition) is 3. The van der Waals surface area contributed by atoms with E-state index in [4.69, 9.17) is 10.2 Å². The van der Waals surface area contributed by atoms with Crippen LogP contribution in [-0.2, 0) is 6.54 Å². The quantitative estimate of drug-likeness (QED) is 0.918. The molecule has 2 aliphatic rings. The lowest BCUT2D eigenvalue weighted by Crippen LogP contribution is -2.48. The summed E-state index contributed by atoms with van der Waals surface area (Å²) in [7, 11) is 0. The van der Waals surface area contributed by atoms with E-state index < -0.39 is 0 Å². The summed E-state index contributed by atoms with van der Waals surface area (Å²) in [6, 6.07) is 10.8. The minimum absolute atomic E-state index is 0. The highest BCUT2D eigenvalue weighted by atomic mass is 35.5. The number of furan rings is 1. The van der Waals surface area contributed by atoms with Gasteiger partial charge in [0.15, 0.2) is 0 Å². The number of halogens is 2. The summed E-state index contributed by atoms with van der Waals surface area (Å²) in [6.45, 7) is 3.19. The lowest BCUT2D eigenvalue weighted by atomic mass is 9.93. The molecule has 1 aromatic heterocycles. The Morgan fingerprint density at radius 1 is 1.10 bits per heavy atom. The van der Waals surface area contributed by atoms with Crippen molar-refractivity contribution in [3.8, 4) is 0 Å². The SMILES string of the molecule is Cl.Cl.NC1[C@@H]2CC[C@H]1CN(Cc1cc3ccccc3o1)C2. The van der Waals surface area contributed by atoms with E-state index in [9.17, 15) is 0 Å². The topological polar surface area (TPSA) is 42.4 Å². The van der Waals surface area contributed by atoms with E-state index in [1.165, 1.54) is 18.2 Å². The van der Waals surface area contributed by atoms with E-state index in [0.29, 0.717) is 17.9 Å². The van der Waals surface area contributed by atoms with Crippen molar-refractivity contribution in [2.24, 2.45) is 17.6 Å². The molecule has 1 aliphatic carbocycles. The molecule has 21 heavy (non-hydrogen) atoms. The Bertz CT molecular complexity index is 554. The van der Waals surface area contributed by atoms with Gasteiger partial charge in [0.05, 0.1) is 6.54 Å². The monoisotopic (exact) mass is 328 g/mol. The number of hydrogen-bond donors (Lipinski definition) is 1. The van der Waals surface area contributed by atoms with E-state index in [1.54, 1.807) is 0 Å². The average molecular weight is 329 g/mol. The zero-order chi connectivity index (χ0) is 12.8. The number of likely N-dealkylation sites (tertiary alicyclic amines) is 1. The first-order valence-electron chi connectivity index (χ1n) is 7.25. The fourth-order valence-electron chi connectivity index (χ4n) is 3.83. The highest BCUT2D eigenvalue weighted by Crippen LogP contribution is 2.36. The van der Waals surface area contributed by atoms with Crippen LogP contribution in [0, 0.1) is 11.8 Å². The largest absolute Gasteiger partial charge is 0.460 e. The molecule has 3 nitrogen and oxygen atoms in total. The molecule has 1 saturated heterocycles. The smallest absolute Gasteiger partial charge is 0.134 e. The van der Waals surface area contributed by atoms with Gasteiger partial charge >= 0.3 is 0 Å². The van der Waals surface area contributed by atoms with Crippen molar-refractivity contribution in [3.63, 3.8) is 0 Å². The number of para-hydroxylation sites is 1. The lowest BCUT2D eigenvalue weighted by molar-refractivity contribution is 0.133. The van der Waals surface area contributed by atoms with Crippen molar-refractivity contribution in [2.75, 3.05) is 13.1 Å². The summed E-state index contributed by atoms with van der Waals surface area (Å²) in [5.74, 6) is 2.47.